The van der Waals surface area contributed by atoms with Gasteiger partial charge in [-0.15, -0.1) is 0 Å². The van der Waals surface area contributed by atoms with Crippen LogP contribution in [0, 0.1) is 0 Å². The van der Waals surface area contributed by atoms with Crippen LogP contribution in [0.2, 0.25) is 10.0 Å². The van der Waals surface area contributed by atoms with E-state index in [4.69, 9.17) is 28.9 Å². The van der Waals surface area contributed by atoms with Crippen LogP contribution in [0.25, 0.3) is 0 Å². The van der Waals surface area contributed by atoms with Crippen molar-refractivity contribution in [2.45, 2.75) is 0 Å². The van der Waals surface area contributed by atoms with Crippen molar-refractivity contribution >= 4 is 40.5 Å². The Morgan fingerprint density at radius 3 is 2.39 bits per heavy atom. The highest BCUT2D eigenvalue weighted by molar-refractivity contribution is 6.44. The predicted octanol–water partition coefficient (Wildman–Crippen LogP) is 3.83. The Labute approximate surface area is 115 Å². The predicted molar refractivity (Wildman–Crippen MR) is 75.3 cm³/mol. The minimum Gasteiger partial charge on any atom is -0.399 e. The van der Waals surface area contributed by atoms with Gasteiger partial charge in [-0.1, -0.05) is 29.3 Å². The van der Waals surface area contributed by atoms with Crippen LogP contribution in [0.4, 0.5) is 11.4 Å². The van der Waals surface area contributed by atoms with E-state index in [1.165, 1.54) is 0 Å². The summed E-state index contributed by atoms with van der Waals surface area (Å²) in [6.45, 7) is 0. The third-order valence-electron chi connectivity index (χ3n) is 2.37. The summed E-state index contributed by atoms with van der Waals surface area (Å²) in [4.78, 5) is 11.9. The molecule has 2 aromatic carbocycles. The van der Waals surface area contributed by atoms with Crippen LogP contribution < -0.4 is 11.1 Å². The lowest BCUT2D eigenvalue weighted by molar-refractivity contribution is 0.102. The summed E-state index contributed by atoms with van der Waals surface area (Å²) in [5.41, 5.74) is 7.14. The van der Waals surface area contributed by atoms with Gasteiger partial charge in [0.1, 0.15) is 0 Å². The number of nitrogens with one attached hydrogen (secondary N) is 1. The van der Waals surface area contributed by atoms with Gasteiger partial charge in [-0.05, 0) is 36.4 Å². The summed E-state index contributed by atoms with van der Waals surface area (Å²) < 4.78 is 0. The van der Waals surface area contributed by atoms with E-state index < -0.39 is 0 Å². The van der Waals surface area contributed by atoms with E-state index in [1.807, 2.05) is 0 Å². The van der Waals surface area contributed by atoms with Crippen molar-refractivity contribution in [2.24, 2.45) is 0 Å². The maximum atomic E-state index is 11.9. The molecule has 92 valence electrons. The first-order valence-corrected chi connectivity index (χ1v) is 5.94. The normalized spacial score (nSPS) is 10.1. The van der Waals surface area contributed by atoms with Gasteiger partial charge in [0.2, 0.25) is 0 Å². The number of anilines is 2. The van der Waals surface area contributed by atoms with Crippen LogP contribution >= 0.6 is 23.2 Å². The van der Waals surface area contributed by atoms with E-state index in [0.717, 1.165) is 0 Å². The van der Waals surface area contributed by atoms with Gasteiger partial charge in [0, 0.05) is 11.3 Å². The lowest BCUT2D eigenvalue weighted by Gasteiger charge is -2.08. The van der Waals surface area contributed by atoms with Gasteiger partial charge in [-0.2, -0.15) is 0 Å². The van der Waals surface area contributed by atoms with Gasteiger partial charge in [-0.3, -0.25) is 4.79 Å². The minimum atomic E-state index is -0.265. The van der Waals surface area contributed by atoms with Crippen molar-refractivity contribution in [2.75, 3.05) is 11.1 Å². The quantitative estimate of drug-likeness (QED) is 0.822. The van der Waals surface area contributed by atoms with Crippen molar-refractivity contribution in [3.05, 3.63) is 58.1 Å². The molecule has 0 aliphatic rings. The number of amides is 1. The van der Waals surface area contributed by atoms with Gasteiger partial charge < -0.3 is 11.1 Å². The molecular weight excluding hydrogens is 271 g/mol. The van der Waals surface area contributed by atoms with E-state index in [1.54, 1.807) is 42.5 Å². The summed E-state index contributed by atoms with van der Waals surface area (Å²) in [5.74, 6) is -0.265. The second kappa shape index (κ2) is 5.29. The number of nitrogens with two attached hydrogens (primary N) is 1. The number of carbonyl (C=O) groups excluding carboxylic acids is 1. The Bertz CT molecular complexity index is 582. The zero-order chi connectivity index (χ0) is 13.1. The molecule has 0 radical (unpaired) electrons. The molecule has 0 fully saturated rings. The van der Waals surface area contributed by atoms with Gasteiger partial charge in [0.05, 0.1) is 15.7 Å². The number of hydrogen-bond acceptors (Lipinski definition) is 2. The smallest absolute Gasteiger partial charge is 0.255 e. The molecule has 0 bridgehead atoms. The van der Waals surface area contributed by atoms with Crippen LogP contribution in [-0.2, 0) is 0 Å². The maximum Gasteiger partial charge on any atom is 0.255 e. The van der Waals surface area contributed by atoms with Gasteiger partial charge in [0.25, 0.3) is 5.91 Å². The summed E-state index contributed by atoms with van der Waals surface area (Å²) in [6, 6.07) is 11.7. The Morgan fingerprint density at radius 1 is 1.06 bits per heavy atom. The van der Waals surface area contributed by atoms with Gasteiger partial charge in [0.15, 0.2) is 0 Å². The molecule has 0 aliphatic heterocycles. The monoisotopic (exact) mass is 280 g/mol. The van der Waals surface area contributed by atoms with E-state index in [2.05, 4.69) is 5.32 Å². The lowest BCUT2D eigenvalue weighted by atomic mass is 10.2. The van der Waals surface area contributed by atoms with Crippen molar-refractivity contribution in [3.63, 3.8) is 0 Å². The Kier molecular flexibility index (Phi) is 3.75. The average molecular weight is 281 g/mol. The molecular formula is C13H10Cl2N2O. The van der Waals surface area contributed by atoms with Crippen molar-refractivity contribution in [3.8, 4) is 0 Å². The standard InChI is InChI=1S/C13H10Cl2N2O/c14-10-2-1-3-11(12(10)15)17-13(18)8-4-6-9(16)7-5-8/h1-7H,16H2,(H,17,18). The van der Waals surface area contributed by atoms with Crippen molar-refractivity contribution < 1.29 is 4.79 Å². The topological polar surface area (TPSA) is 55.1 Å². The molecule has 0 spiro atoms. The minimum absolute atomic E-state index is 0.265. The SMILES string of the molecule is Nc1ccc(C(=O)Nc2cccc(Cl)c2Cl)cc1. The summed E-state index contributed by atoms with van der Waals surface area (Å²) >= 11 is 11.8. The van der Waals surface area contributed by atoms with E-state index in [9.17, 15) is 4.79 Å². The molecule has 0 aliphatic carbocycles. The fourth-order valence-corrected chi connectivity index (χ4v) is 1.78. The third-order valence-corrected chi connectivity index (χ3v) is 3.19. The molecule has 0 unspecified atom stereocenters. The fraction of sp³-hybridized carbons (Fsp3) is 0. The zero-order valence-corrected chi connectivity index (χ0v) is 10.8. The molecule has 0 aromatic heterocycles. The van der Waals surface area contributed by atoms with Crippen LogP contribution in [0.15, 0.2) is 42.5 Å². The van der Waals surface area contributed by atoms with Crippen molar-refractivity contribution in [1.29, 1.82) is 0 Å². The molecule has 0 saturated carbocycles. The van der Waals surface area contributed by atoms with E-state index in [0.29, 0.717) is 27.0 Å². The fourth-order valence-electron chi connectivity index (χ4n) is 1.43. The summed E-state index contributed by atoms with van der Waals surface area (Å²) in [6.07, 6.45) is 0. The van der Waals surface area contributed by atoms with Crippen LogP contribution in [0.3, 0.4) is 0 Å². The van der Waals surface area contributed by atoms with E-state index in [-0.39, 0.29) is 5.91 Å². The van der Waals surface area contributed by atoms with E-state index >= 15 is 0 Å². The summed E-state index contributed by atoms with van der Waals surface area (Å²) in [5, 5.41) is 3.41. The van der Waals surface area contributed by atoms with Crippen LogP contribution in [0.5, 0.6) is 0 Å². The van der Waals surface area contributed by atoms with Gasteiger partial charge >= 0.3 is 0 Å². The highest BCUT2D eigenvalue weighted by Crippen LogP contribution is 2.29. The molecule has 2 rings (SSSR count). The lowest BCUT2D eigenvalue weighted by Crippen LogP contribution is -2.12. The molecule has 3 nitrogen and oxygen atoms in total. The maximum absolute atomic E-state index is 11.9. The Balaban J connectivity index is 2.21. The number of nitrogen functional groups attached to an aromatic ring is 1. The van der Waals surface area contributed by atoms with Crippen molar-refractivity contribution in [1.82, 2.24) is 0 Å². The number of hydrogen-bond donors (Lipinski definition) is 2. The molecule has 0 heterocycles. The summed E-state index contributed by atoms with van der Waals surface area (Å²) in [7, 11) is 0. The first-order chi connectivity index (χ1) is 8.58. The highest BCUT2D eigenvalue weighted by Gasteiger charge is 2.09. The average Bonchev–Trinajstić information content (AvgIpc) is 2.36. The second-order valence-electron chi connectivity index (χ2n) is 3.68. The zero-order valence-electron chi connectivity index (χ0n) is 9.28. The first kappa shape index (κ1) is 12.7. The Morgan fingerprint density at radius 2 is 1.72 bits per heavy atom. The second-order valence-corrected chi connectivity index (χ2v) is 4.46. The number of halogens is 2. The molecule has 3 N–H and O–H groups in total. The number of rotatable bonds is 2. The number of benzene rings is 2. The first-order valence-electron chi connectivity index (χ1n) is 5.19. The largest absolute Gasteiger partial charge is 0.399 e. The Hall–Kier alpha value is -1.71. The highest BCUT2D eigenvalue weighted by atomic mass is 35.5. The third kappa shape index (κ3) is 2.75. The van der Waals surface area contributed by atoms with Crippen LogP contribution in [0.1, 0.15) is 10.4 Å². The number of carbonyl (C=O) groups is 1. The molecule has 0 saturated heterocycles. The molecule has 18 heavy (non-hydrogen) atoms. The van der Waals surface area contributed by atoms with Crippen LogP contribution in [-0.4, -0.2) is 5.91 Å². The molecule has 5 heteroatoms. The molecule has 0 atom stereocenters. The molecule has 2 aromatic rings. The molecule has 1 amide bonds. The van der Waals surface area contributed by atoms with Gasteiger partial charge in [-0.25, -0.2) is 0 Å².